The van der Waals surface area contributed by atoms with Gasteiger partial charge in [-0.1, -0.05) is 22.0 Å². The second kappa shape index (κ2) is 5.62. The highest BCUT2D eigenvalue weighted by atomic mass is 79.9. The number of aliphatic hydroxyl groups is 1. The number of hydrogen-bond acceptors (Lipinski definition) is 3. The Hall–Kier alpha value is -0.910. The Balaban J connectivity index is 1.78. The van der Waals surface area contributed by atoms with Crippen molar-refractivity contribution in [3.63, 3.8) is 0 Å². The van der Waals surface area contributed by atoms with Gasteiger partial charge in [0.25, 0.3) is 0 Å². The average Bonchev–Trinajstić information content (AvgIpc) is 2.22. The Morgan fingerprint density at radius 3 is 2.94 bits per heavy atom. The zero-order chi connectivity index (χ0) is 12.3. The Kier molecular flexibility index (Phi) is 4.15. The van der Waals surface area contributed by atoms with Crippen molar-refractivity contribution in [1.82, 2.24) is 4.90 Å². The first-order valence-corrected chi connectivity index (χ1v) is 6.35. The van der Waals surface area contributed by atoms with Crippen LogP contribution in [0.1, 0.15) is 0 Å². The maximum absolute atomic E-state index is 11.7. The monoisotopic (exact) mass is 298 g/mol. The van der Waals surface area contributed by atoms with Crippen LogP contribution in [-0.2, 0) is 4.79 Å². The molecule has 1 heterocycles. The van der Waals surface area contributed by atoms with Crippen LogP contribution in [0.2, 0.25) is 0 Å². The van der Waals surface area contributed by atoms with E-state index in [9.17, 15) is 4.79 Å². The van der Waals surface area contributed by atoms with E-state index in [4.69, 9.17) is 5.11 Å². The van der Waals surface area contributed by atoms with E-state index < -0.39 is 0 Å². The Morgan fingerprint density at radius 1 is 1.53 bits per heavy atom. The predicted molar refractivity (Wildman–Crippen MR) is 69.8 cm³/mol. The molecule has 0 bridgehead atoms. The summed E-state index contributed by atoms with van der Waals surface area (Å²) >= 11 is 3.36. The standard InChI is InChI=1S/C12H15BrN2O2/c13-10-2-1-3-11(4-10)14-12(17)7-15-5-9(6-15)8-16/h1-4,9,16H,5-8H2,(H,14,17). The molecule has 0 aliphatic carbocycles. The molecule has 2 rings (SSSR count). The molecule has 1 fully saturated rings. The van der Waals surface area contributed by atoms with Gasteiger partial charge >= 0.3 is 0 Å². The van der Waals surface area contributed by atoms with Gasteiger partial charge in [-0.3, -0.25) is 9.69 Å². The maximum atomic E-state index is 11.7. The number of nitrogens with zero attached hydrogens (tertiary/aromatic N) is 1. The van der Waals surface area contributed by atoms with E-state index in [-0.39, 0.29) is 12.5 Å². The van der Waals surface area contributed by atoms with Crippen molar-refractivity contribution in [1.29, 1.82) is 0 Å². The smallest absolute Gasteiger partial charge is 0.238 e. The lowest BCUT2D eigenvalue weighted by Crippen LogP contribution is -2.51. The summed E-state index contributed by atoms with van der Waals surface area (Å²) in [5.41, 5.74) is 0.795. The SMILES string of the molecule is O=C(CN1CC(CO)C1)Nc1cccc(Br)c1. The van der Waals surface area contributed by atoms with Gasteiger partial charge in [0.15, 0.2) is 0 Å². The van der Waals surface area contributed by atoms with E-state index in [2.05, 4.69) is 21.2 Å². The molecule has 17 heavy (non-hydrogen) atoms. The van der Waals surface area contributed by atoms with E-state index in [0.29, 0.717) is 12.5 Å². The predicted octanol–water partition coefficient (Wildman–Crippen LogP) is 1.31. The van der Waals surface area contributed by atoms with Gasteiger partial charge in [-0.2, -0.15) is 0 Å². The number of amides is 1. The maximum Gasteiger partial charge on any atom is 0.238 e. The zero-order valence-corrected chi connectivity index (χ0v) is 11.0. The molecule has 0 radical (unpaired) electrons. The second-order valence-corrected chi connectivity index (χ2v) is 5.22. The van der Waals surface area contributed by atoms with Crippen molar-refractivity contribution < 1.29 is 9.90 Å². The van der Waals surface area contributed by atoms with Gasteiger partial charge in [0.1, 0.15) is 0 Å². The van der Waals surface area contributed by atoms with E-state index in [1.165, 1.54) is 0 Å². The third kappa shape index (κ3) is 3.52. The number of halogens is 1. The summed E-state index contributed by atoms with van der Waals surface area (Å²) in [6.07, 6.45) is 0. The highest BCUT2D eigenvalue weighted by molar-refractivity contribution is 9.10. The number of carbonyl (C=O) groups excluding carboxylic acids is 1. The summed E-state index contributed by atoms with van der Waals surface area (Å²) in [6, 6.07) is 7.52. The summed E-state index contributed by atoms with van der Waals surface area (Å²) in [5.74, 6) is 0.327. The van der Waals surface area contributed by atoms with Crippen LogP contribution in [0, 0.1) is 5.92 Å². The molecule has 0 atom stereocenters. The first kappa shape index (κ1) is 12.5. The van der Waals surface area contributed by atoms with Crippen LogP contribution in [-0.4, -0.2) is 42.2 Å². The molecule has 1 aromatic carbocycles. The molecule has 1 aliphatic heterocycles. The number of likely N-dealkylation sites (tertiary alicyclic amines) is 1. The summed E-state index contributed by atoms with van der Waals surface area (Å²) in [6.45, 7) is 2.22. The first-order chi connectivity index (χ1) is 8.17. The van der Waals surface area contributed by atoms with Crippen molar-refractivity contribution in [2.45, 2.75) is 0 Å². The van der Waals surface area contributed by atoms with Crippen LogP contribution in [0.4, 0.5) is 5.69 Å². The fraction of sp³-hybridized carbons (Fsp3) is 0.417. The van der Waals surface area contributed by atoms with Crippen LogP contribution in [0.5, 0.6) is 0 Å². The largest absolute Gasteiger partial charge is 0.396 e. The van der Waals surface area contributed by atoms with Gasteiger partial charge in [-0.05, 0) is 18.2 Å². The van der Waals surface area contributed by atoms with Crippen LogP contribution in [0.15, 0.2) is 28.7 Å². The van der Waals surface area contributed by atoms with Gasteiger partial charge in [0.2, 0.25) is 5.91 Å². The van der Waals surface area contributed by atoms with Gasteiger partial charge in [0, 0.05) is 35.8 Å². The number of benzene rings is 1. The summed E-state index contributed by atoms with van der Waals surface area (Å²) in [4.78, 5) is 13.7. The zero-order valence-electron chi connectivity index (χ0n) is 9.40. The summed E-state index contributed by atoms with van der Waals surface area (Å²) in [5, 5.41) is 11.7. The van der Waals surface area contributed by atoms with Crippen molar-refractivity contribution in [3.8, 4) is 0 Å². The Morgan fingerprint density at radius 2 is 2.29 bits per heavy atom. The summed E-state index contributed by atoms with van der Waals surface area (Å²) in [7, 11) is 0. The topological polar surface area (TPSA) is 52.6 Å². The molecule has 1 aliphatic rings. The third-order valence-electron chi connectivity index (χ3n) is 2.77. The molecule has 1 aromatic rings. The lowest BCUT2D eigenvalue weighted by Gasteiger charge is -2.37. The van der Waals surface area contributed by atoms with Gasteiger partial charge in [0.05, 0.1) is 6.54 Å². The van der Waals surface area contributed by atoms with Crippen LogP contribution < -0.4 is 5.32 Å². The fourth-order valence-corrected chi connectivity index (χ4v) is 2.29. The lowest BCUT2D eigenvalue weighted by atomic mass is 10.0. The first-order valence-electron chi connectivity index (χ1n) is 5.56. The van der Waals surface area contributed by atoms with E-state index in [1.807, 2.05) is 29.2 Å². The van der Waals surface area contributed by atoms with Crippen molar-refractivity contribution in [2.75, 3.05) is 31.6 Å². The molecule has 5 heteroatoms. The number of anilines is 1. The normalized spacial score (nSPS) is 16.6. The van der Waals surface area contributed by atoms with E-state index in [0.717, 1.165) is 23.2 Å². The van der Waals surface area contributed by atoms with Crippen molar-refractivity contribution in [3.05, 3.63) is 28.7 Å². The molecule has 1 saturated heterocycles. The Bertz CT molecular complexity index is 405. The van der Waals surface area contributed by atoms with Crippen LogP contribution >= 0.6 is 15.9 Å². The molecule has 92 valence electrons. The number of rotatable bonds is 4. The van der Waals surface area contributed by atoms with Crippen LogP contribution in [0.3, 0.4) is 0 Å². The molecule has 0 saturated carbocycles. The minimum absolute atomic E-state index is 0.0144. The van der Waals surface area contributed by atoms with Gasteiger partial charge < -0.3 is 10.4 Å². The van der Waals surface area contributed by atoms with Crippen molar-refractivity contribution in [2.24, 2.45) is 5.92 Å². The second-order valence-electron chi connectivity index (χ2n) is 4.30. The average molecular weight is 299 g/mol. The van der Waals surface area contributed by atoms with E-state index in [1.54, 1.807) is 0 Å². The number of aliphatic hydroxyl groups excluding tert-OH is 1. The highest BCUT2D eigenvalue weighted by Crippen LogP contribution is 2.17. The van der Waals surface area contributed by atoms with E-state index >= 15 is 0 Å². The number of hydrogen-bond donors (Lipinski definition) is 2. The minimum atomic E-state index is -0.0144. The van der Waals surface area contributed by atoms with Crippen molar-refractivity contribution >= 4 is 27.5 Å². The quantitative estimate of drug-likeness (QED) is 0.881. The third-order valence-corrected chi connectivity index (χ3v) is 3.26. The summed E-state index contributed by atoms with van der Waals surface area (Å²) < 4.78 is 0.944. The van der Waals surface area contributed by atoms with Crippen LogP contribution in [0.25, 0.3) is 0 Å². The molecule has 0 aromatic heterocycles. The number of carbonyl (C=O) groups is 1. The lowest BCUT2D eigenvalue weighted by molar-refractivity contribution is -0.119. The molecule has 0 unspecified atom stereocenters. The molecular formula is C12H15BrN2O2. The molecular weight excluding hydrogens is 284 g/mol. The highest BCUT2D eigenvalue weighted by Gasteiger charge is 2.27. The van der Waals surface area contributed by atoms with Gasteiger partial charge in [-0.25, -0.2) is 0 Å². The number of nitrogens with one attached hydrogen (secondary N) is 1. The fourth-order valence-electron chi connectivity index (χ4n) is 1.89. The molecule has 4 nitrogen and oxygen atoms in total. The van der Waals surface area contributed by atoms with Gasteiger partial charge in [-0.15, -0.1) is 0 Å². The Labute approximate surface area is 109 Å². The molecule has 0 spiro atoms. The molecule has 1 amide bonds. The molecule has 2 N–H and O–H groups in total. The minimum Gasteiger partial charge on any atom is -0.396 e.